The summed E-state index contributed by atoms with van der Waals surface area (Å²) in [6, 6.07) is 0. The Morgan fingerprint density at radius 1 is 1.00 bits per heavy atom. The molecular formula is C21H30O2. The van der Waals surface area contributed by atoms with Crippen molar-refractivity contribution in [2.45, 2.75) is 65.7 Å². The van der Waals surface area contributed by atoms with Crippen LogP contribution in [-0.2, 0) is 9.59 Å². The van der Waals surface area contributed by atoms with Crippen LogP contribution < -0.4 is 0 Å². The summed E-state index contributed by atoms with van der Waals surface area (Å²) < 4.78 is 0. The molecule has 2 nitrogen and oxygen atoms in total. The first-order chi connectivity index (χ1) is 10.9. The molecule has 0 radical (unpaired) electrons. The quantitative estimate of drug-likeness (QED) is 0.724. The highest BCUT2D eigenvalue weighted by atomic mass is 16.1. The fourth-order valence-electron chi connectivity index (χ4n) is 8.58. The van der Waals surface area contributed by atoms with Crippen molar-refractivity contribution in [2.24, 2.45) is 52.3 Å². The maximum absolute atomic E-state index is 12.3. The average molecular weight is 314 g/mol. The van der Waals surface area contributed by atoms with Gasteiger partial charge in [0.05, 0.1) is 0 Å². The van der Waals surface area contributed by atoms with Crippen molar-refractivity contribution in [3.8, 4) is 0 Å². The van der Waals surface area contributed by atoms with Gasteiger partial charge in [0.2, 0.25) is 0 Å². The lowest BCUT2D eigenvalue weighted by Gasteiger charge is -2.56. The molecule has 5 fully saturated rings. The molecule has 9 atom stereocenters. The summed E-state index contributed by atoms with van der Waals surface area (Å²) in [7, 11) is 0. The third kappa shape index (κ3) is 1.61. The maximum Gasteiger partial charge on any atom is 0.136 e. The van der Waals surface area contributed by atoms with Crippen molar-refractivity contribution >= 4 is 11.6 Å². The molecule has 5 aliphatic rings. The number of Topliss-reactive ketones (excluding diaryl/α,β-unsaturated/α-hetero) is 2. The van der Waals surface area contributed by atoms with E-state index in [-0.39, 0.29) is 5.41 Å². The SMILES string of the molecule is CC(=O)[C@H]1CC[C@H]2[C@@H]3CC4[C@@H]5[C@H]4C(=O)CC[C@]5(C)[C@H]3CC[C@]12C. The molecule has 126 valence electrons. The molecule has 1 unspecified atom stereocenters. The molecule has 0 bridgehead atoms. The molecule has 5 rings (SSSR count). The van der Waals surface area contributed by atoms with Crippen LogP contribution in [0.15, 0.2) is 0 Å². The lowest BCUT2D eigenvalue weighted by molar-refractivity contribution is -0.132. The Hall–Kier alpha value is -0.660. The number of hydrogen-bond donors (Lipinski definition) is 0. The van der Waals surface area contributed by atoms with Gasteiger partial charge in [-0.05, 0) is 85.9 Å². The summed E-state index contributed by atoms with van der Waals surface area (Å²) >= 11 is 0. The first-order valence-electron chi connectivity index (χ1n) is 9.91. The van der Waals surface area contributed by atoms with Crippen LogP contribution in [-0.4, -0.2) is 11.6 Å². The number of hydrogen-bond acceptors (Lipinski definition) is 2. The summed E-state index contributed by atoms with van der Waals surface area (Å²) in [5.41, 5.74) is 0.686. The lowest BCUT2D eigenvalue weighted by atomic mass is 9.48. The van der Waals surface area contributed by atoms with E-state index < -0.39 is 0 Å². The van der Waals surface area contributed by atoms with Crippen LogP contribution >= 0.6 is 0 Å². The van der Waals surface area contributed by atoms with Gasteiger partial charge in [0.25, 0.3) is 0 Å². The van der Waals surface area contributed by atoms with Crippen molar-refractivity contribution in [1.29, 1.82) is 0 Å². The van der Waals surface area contributed by atoms with Crippen LogP contribution in [0.5, 0.6) is 0 Å². The summed E-state index contributed by atoms with van der Waals surface area (Å²) in [6.07, 6.45) is 8.21. The maximum atomic E-state index is 12.3. The Bertz CT molecular complexity index is 595. The molecular weight excluding hydrogens is 284 g/mol. The zero-order valence-electron chi connectivity index (χ0n) is 14.8. The highest BCUT2D eigenvalue weighted by molar-refractivity contribution is 5.86. The van der Waals surface area contributed by atoms with E-state index >= 15 is 0 Å². The zero-order valence-corrected chi connectivity index (χ0v) is 14.8. The highest BCUT2D eigenvalue weighted by Gasteiger charge is 2.72. The lowest BCUT2D eigenvalue weighted by Crippen LogP contribution is -2.50. The Kier molecular flexibility index (Phi) is 2.74. The molecule has 0 aromatic heterocycles. The molecule has 0 aromatic rings. The van der Waals surface area contributed by atoms with Crippen LogP contribution in [0, 0.1) is 52.3 Å². The van der Waals surface area contributed by atoms with Crippen molar-refractivity contribution in [1.82, 2.24) is 0 Å². The first-order valence-corrected chi connectivity index (χ1v) is 9.91. The fourth-order valence-corrected chi connectivity index (χ4v) is 8.58. The second-order valence-corrected chi connectivity index (χ2v) is 10.1. The Balaban J connectivity index is 1.51. The van der Waals surface area contributed by atoms with Gasteiger partial charge in [-0.15, -0.1) is 0 Å². The van der Waals surface area contributed by atoms with Crippen LogP contribution in [0.2, 0.25) is 0 Å². The van der Waals surface area contributed by atoms with E-state index in [1.54, 1.807) is 0 Å². The number of rotatable bonds is 1. The van der Waals surface area contributed by atoms with Crippen LogP contribution in [0.3, 0.4) is 0 Å². The van der Waals surface area contributed by atoms with Crippen LogP contribution in [0.25, 0.3) is 0 Å². The number of ketones is 2. The van der Waals surface area contributed by atoms with E-state index in [1.165, 1.54) is 25.7 Å². The number of carbonyl (C=O) groups is 2. The number of fused-ring (bicyclic) bond motifs is 5. The van der Waals surface area contributed by atoms with Crippen molar-refractivity contribution in [3.63, 3.8) is 0 Å². The minimum Gasteiger partial charge on any atom is -0.300 e. The average Bonchev–Trinajstić information content (AvgIpc) is 3.11. The third-order valence-corrected chi connectivity index (χ3v) is 9.53. The first kappa shape index (κ1) is 14.7. The second kappa shape index (κ2) is 4.29. The van der Waals surface area contributed by atoms with Crippen molar-refractivity contribution in [2.75, 3.05) is 0 Å². The molecule has 0 heterocycles. The Labute approximate surface area is 139 Å². The summed E-state index contributed by atoms with van der Waals surface area (Å²) in [5.74, 6) is 5.51. The van der Waals surface area contributed by atoms with E-state index in [0.717, 1.165) is 42.9 Å². The summed E-state index contributed by atoms with van der Waals surface area (Å²) in [4.78, 5) is 24.5. The molecule has 0 spiro atoms. The molecule has 0 saturated heterocycles. The van der Waals surface area contributed by atoms with Gasteiger partial charge in [-0.25, -0.2) is 0 Å². The molecule has 5 aliphatic carbocycles. The van der Waals surface area contributed by atoms with Gasteiger partial charge in [0.15, 0.2) is 0 Å². The monoisotopic (exact) mass is 314 g/mol. The third-order valence-electron chi connectivity index (χ3n) is 9.53. The van der Waals surface area contributed by atoms with Crippen LogP contribution in [0.1, 0.15) is 65.7 Å². The standard InChI is InChI=1S/C21H30O2/c1-11(22)14-4-5-15-12-10-13-18-17(23)7-9-21(3,19(13)18)16(12)6-8-20(14,15)2/h12-16,18-19H,4-10H2,1-3H3/t12-,13?,14+,15-,16-,18+,19+,20+,21+/m0/s1. The number of carbonyl (C=O) groups excluding carboxylic acids is 2. The van der Waals surface area contributed by atoms with E-state index in [0.29, 0.717) is 34.7 Å². The van der Waals surface area contributed by atoms with Gasteiger partial charge >= 0.3 is 0 Å². The van der Waals surface area contributed by atoms with Crippen LogP contribution in [0.4, 0.5) is 0 Å². The molecule has 23 heavy (non-hydrogen) atoms. The van der Waals surface area contributed by atoms with Gasteiger partial charge in [-0.1, -0.05) is 13.8 Å². The Morgan fingerprint density at radius 2 is 1.74 bits per heavy atom. The second-order valence-electron chi connectivity index (χ2n) is 10.1. The molecule has 0 aliphatic heterocycles. The topological polar surface area (TPSA) is 34.1 Å². The van der Waals surface area contributed by atoms with Gasteiger partial charge < -0.3 is 0 Å². The predicted octanol–water partition coefficient (Wildman–Crippen LogP) is 4.27. The van der Waals surface area contributed by atoms with E-state index in [1.807, 2.05) is 6.92 Å². The predicted molar refractivity (Wildman–Crippen MR) is 88.7 cm³/mol. The van der Waals surface area contributed by atoms with Gasteiger partial charge in [-0.3, -0.25) is 9.59 Å². The molecule has 0 amide bonds. The smallest absolute Gasteiger partial charge is 0.136 e. The summed E-state index contributed by atoms with van der Waals surface area (Å²) in [5, 5.41) is 0. The fraction of sp³-hybridized carbons (Fsp3) is 0.905. The van der Waals surface area contributed by atoms with Crippen molar-refractivity contribution in [3.05, 3.63) is 0 Å². The van der Waals surface area contributed by atoms with E-state index in [9.17, 15) is 9.59 Å². The van der Waals surface area contributed by atoms with Crippen molar-refractivity contribution < 1.29 is 9.59 Å². The highest BCUT2D eigenvalue weighted by Crippen LogP contribution is 2.76. The minimum absolute atomic E-state index is 0.253. The molecule has 2 heteroatoms. The Morgan fingerprint density at radius 3 is 2.48 bits per heavy atom. The minimum atomic E-state index is 0.253. The zero-order chi connectivity index (χ0) is 16.1. The van der Waals surface area contributed by atoms with E-state index in [4.69, 9.17) is 0 Å². The molecule has 0 aromatic carbocycles. The van der Waals surface area contributed by atoms with Gasteiger partial charge in [0, 0.05) is 18.3 Å². The molecule has 5 saturated carbocycles. The normalized spacial score (nSPS) is 59.8. The van der Waals surface area contributed by atoms with Gasteiger partial charge in [0.1, 0.15) is 11.6 Å². The summed E-state index contributed by atoms with van der Waals surface area (Å²) in [6.45, 7) is 6.76. The van der Waals surface area contributed by atoms with E-state index in [2.05, 4.69) is 13.8 Å². The molecule has 0 N–H and O–H groups in total. The van der Waals surface area contributed by atoms with Gasteiger partial charge in [-0.2, -0.15) is 0 Å². The largest absolute Gasteiger partial charge is 0.300 e.